The largest absolute Gasteiger partial charge is 0.507 e. The minimum atomic E-state index is -0.454. The van der Waals surface area contributed by atoms with Crippen molar-refractivity contribution in [3.8, 4) is 5.75 Å². The third kappa shape index (κ3) is 2.75. The Morgan fingerprint density at radius 2 is 2.11 bits per heavy atom. The molecule has 2 aromatic rings. The van der Waals surface area contributed by atoms with E-state index in [0.29, 0.717) is 5.02 Å². The molecule has 1 aromatic carbocycles. The molecule has 1 heterocycles. The molecular weight excluding hydrogens is 274 g/mol. The van der Waals surface area contributed by atoms with Crippen molar-refractivity contribution < 1.29 is 14.7 Å². The second kappa shape index (κ2) is 5.29. The predicted octanol–water partition coefficient (Wildman–Crippen LogP) is 2.96. The van der Waals surface area contributed by atoms with Crippen LogP contribution < -0.4 is 0 Å². The van der Waals surface area contributed by atoms with E-state index in [-0.39, 0.29) is 28.5 Å². The third-order valence-corrected chi connectivity index (χ3v) is 3.30. The lowest BCUT2D eigenvalue weighted by Crippen LogP contribution is -2.08. The van der Waals surface area contributed by atoms with Gasteiger partial charge in [-0.15, -0.1) is 11.3 Å². The smallest absolute Gasteiger partial charge is 0.199 e. The Bertz CT molecular complexity index is 595. The van der Waals surface area contributed by atoms with Gasteiger partial charge in [0.25, 0.3) is 0 Å². The van der Waals surface area contributed by atoms with Crippen LogP contribution >= 0.6 is 22.9 Å². The van der Waals surface area contributed by atoms with Gasteiger partial charge in [0, 0.05) is 16.6 Å². The fraction of sp³-hybridized carbons (Fsp3) is 0.0833. The molecule has 0 aliphatic heterocycles. The Labute approximate surface area is 112 Å². The number of thiazole rings is 1. The second-order valence-electron chi connectivity index (χ2n) is 3.52. The van der Waals surface area contributed by atoms with E-state index < -0.39 is 5.78 Å². The minimum Gasteiger partial charge on any atom is -0.507 e. The SMILES string of the molecule is O=C(CC(=O)c1ccc(Cl)cc1O)c1nccs1. The van der Waals surface area contributed by atoms with E-state index in [1.165, 1.54) is 35.7 Å². The number of hydrogen-bond acceptors (Lipinski definition) is 5. The fourth-order valence-corrected chi connectivity index (χ4v) is 2.16. The van der Waals surface area contributed by atoms with Crippen LogP contribution in [0.1, 0.15) is 26.6 Å². The Hall–Kier alpha value is -1.72. The Morgan fingerprint density at radius 3 is 2.72 bits per heavy atom. The summed E-state index contributed by atoms with van der Waals surface area (Å²) in [6, 6.07) is 4.15. The third-order valence-electron chi connectivity index (χ3n) is 2.25. The average molecular weight is 282 g/mol. The first kappa shape index (κ1) is 12.7. The van der Waals surface area contributed by atoms with Crippen LogP contribution in [0.5, 0.6) is 5.75 Å². The number of aromatic nitrogens is 1. The molecule has 0 saturated heterocycles. The lowest BCUT2D eigenvalue weighted by Gasteiger charge is -2.02. The van der Waals surface area contributed by atoms with Crippen LogP contribution in [0.3, 0.4) is 0 Å². The highest BCUT2D eigenvalue weighted by Crippen LogP contribution is 2.23. The zero-order valence-corrected chi connectivity index (χ0v) is 10.7. The van der Waals surface area contributed by atoms with Crippen molar-refractivity contribution >= 4 is 34.5 Å². The molecule has 0 aliphatic carbocycles. The Balaban J connectivity index is 2.15. The zero-order chi connectivity index (χ0) is 13.1. The lowest BCUT2D eigenvalue weighted by atomic mass is 10.1. The van der Waals surface area contributed by atoms with Gasteiger partial charge in [-0.05, 0) is 18.2 Å². The van der Waals surface area contributed by atoms with Crippen molar-refractivity contribution in [2.24, 2.45) is 0 Å². The molecule has 0 atom stereocenters. The first-order valence-corrected chi connectivity index (χ1v) is 6.28. The normalized spacial score (nSPS) is 10.3. The summed E-state index contributed by atoms with van der Waals surface area (Å²) in [6.07, 6.45) is 1.19. The van der Waals surface area contributed by atoms with Gasteiger partial charge >= 0.3 is 0 Å². The first-order valence-electron chi connectivity index (χ1n) is 5.02. The van der Waals surface area contributed by atoms with Crippen LogP contribution in [0.2, 0.25) is 5.02 Å². The zero-order valence-electron chi connectivity index (χ0n) is 9.09. The highest BCUT2D eigenvalue weighted by atomic mass is 35.5. The predicted molar refractivity (Wildman–Crippen MR) is 68.5 cm³/mol. The first-order chi connectivity index (χ1) is 8.58. The summed E-state index contributed by atoms with van der Waals surface area (Å²) in [5.41, 5.74) is 0.0873. The van der Waals surface area contributed by atoms with Gasteiger partial charge in [-0.1, -0.05) is 11.6 Å². The van der Waals surface area contributed by atoms with Crippen LogP contribution in [0.4, 0.5) is 0 Å². The Kier molecular flexibility index (Phi) is 3.74. The number of benzene rings is 1. The van der Waals surface area contributed by atoms with Crippen molar-refractivity contribution in [2.75, 3.05) is 0 Å². The summed E-state index contributed by atoms with van der Waals surface area (Å²) < 4.78 is 0. The van der Waals surface area contributed by atoms with E-state index in [1.807, 2.05) is 0 Å². The van der Waals surface area contributed by atoms with Gasteiger partial charge in [-0.3, -0.25) is 9.59 Å². The summed E-state index contributed by atoms with van der Waals surface area (Å²) in [5, 5.41) is 11.9. The number of nitrogens with zero attached hydrogens (tertiary/aromatic N) is 1. The molecule has 18 heavy (non-hydrogen) atoms. The van der Waals surface area contributed by atoms with Crippen LogP contribution in [-0.2, 0) is 0 Å². The highest BCUT2D eigenvalue weighted by Gasteiger charge is 2.18. The molecule has 2 rings (SSSR count). The molecule has 92 valence electrons. The molecule has 0 unspecified atom stereocenters. The number of hydrogen-bond donors (Lipinski definition) is 1. The van der Waals surface area contributed by atoms with Gasteiger partial charge in [0.15, 0.2) is 16.6 Å². The maximum absolute atomic E-state index is 11.8. The topological polar surface area (TPSA) is 67.3 Å². The van der Waals surface area contributed by atoms with Crippen LogP contribution in [0.25, 0.3) is 0 Å². The van der Waals surface area contributed by atoms with Gasteiger partial charge in [-0.25, -0.2) is 4.98 Å². The van der Waals surface area contributed by atoms with Crippen molar-refractivity contribution in [1.82, 2.24) is 4.98 Å². The molecule has 0 fully saturated rings. The van der Waals surface area contributed by atoms with E-state index >= 15 is 0 Å². The van der Waals surface area contributed by atoms with Crippen molar-refractivity contribution in [2.45, 2.75) is 6.42 Å². The molecule has 1 N–H and O–H groups in total. The van der Waals surface area contributed by atoms with Gasteiger partial charge in [0.1, 0.15) is 5.75 Å². The number of carbonyl (C=O) groups excluding carboxylic acids is 2. The van der Waals surface area contributed by atoms with Crippen LogP contribution in [0, 0.1) is 0 Å². The van der Waals surface area contributed by atoms with Crippen molar-refractivity contribution in [1.29, 1.82) is 0 Å². The molecule has 6 heteroatoms. The molecule has 0 spiro atoms. The maximum atomic E-state index is 11.8. The lowest BCUT2D eigenvalue weighted by molar-refractivity contribution is 0.0893. The van der Waals surface area contributed by atoms with E-state index in [9.17, 15) is 14.7 Å². The summed E-state index contributed by atoms with van der Waals surface area (Å²) in [7, 11) is 0. The minimum absolute atomic E-state index is 0.0873. The molecule has 0 radical (unpaired) electrons. The Morgan fingerprint density at radius 1 is 1.33 bits per heavy atom. The molecule has 1 aromatic heterocycles. The molecular formula is C12H8ClNO3S. The number of rotatable bonds is 4. The molecule has 0 saturated carbocycles. The quantitative estimate of drug-likeness (QED) is 0.691. The van der Waals surface area contributed by atoms with E-state index in [2.05, 4.69) is 4.98 Å². The number of Topliss-reactive ketones (excluding diaryl/α,β-unsaturated/α-hetero) is 2. The number of ketones is 2. The van der Waals surface area contributed by atoms with Gasteiger partial charge in [0.2, 0.25) is 0 Å². The number of carbonyl (C=O) groups is 2. The monoisotopic (exact) mass is 281 g/mol. The number of phenols is 1. The number of phenolic OH excluding ortho intramolecular Hbond substituents is 1. The van der Waals surface area contributed by atoms with Gasteiger partial charge < -0.3 is 5.11 Å². The second-order valence-corrected chi connectivity index (χ2v) is 4.85. The van der Waals surface area contributed by atoms with Crippen molar-refractivity contribution in [3.63, 3.8) is 0 Å². The molecule has 4 nitrogen and oxygen atoms in total. The summed E-state index contributed by atoms with van der Waals surface area (Å²) >= 11 is 6.84. The van der Waals surface area contributed by atoms with E-state index in [0.717, 1.165) is 0 Å². The van der Waals surface area contributed by atoms with Gasteiger partial charge in [0.05, 0.1) is 12.0 Å². The standard InChI is InChI=1S/C12H8ClNO3S/c13-7-1-2-8(9(15)5-7)10(16)6-11(17)12-14-3-4-18-12/h1-5,15H,6H2. The molecule has 0 amide bonds. The van der Waals surface area contributed by atoms with E-state index in [1.54, 1.807) is 5.38 Å². The number of aromatic hydroxyl groups is 1. The molecule has 0 aliphatic rings. The van der Waals surface area contributed by atoms with Gasteiger partial charge in [-0.2, -0.15) is 0 Å². The van der Waals surface area contributed by atoms with Crippen molar-refractivity contribution in [3.05, 3.63) is 45.4 Å². The van der Waals surface area contributed by atoms with Crippen LogP contribution in [-0.4, -0.2) is 21.7 Å². The highest BCUT2D eigenvalue weighted by molar-refractivity contribution is 7.11. The summed E-state index contributed by atoms with van der Waals surface area (Å²) in [4.78, 5) is 27.4. The average Bonchev–Trinajstić information content (AvgIpc) is 2.81. The fourth-order valence-electron chi connectivity index (χ4n) is 1.42. The molecule has 0 bridgehead atoms. The maximum Gasteiger partial charge on any atom is 0.199 e. The summed E-state index contributed by atoms with van der Waals surface area (Å²) in [5.74, 6) is -1.03. The van der Waals surface area contributed by atoms with Crippen LogP contribution in [0.15, 0.2) is 29.8 Å². The summed E-state index contributed by atoms with van der Waals surface area (Å²) in [6.45, 7) is 0. The van der Waals surface area contributed by atoms with E-state index in [4.69, 9.17) is 11.6 Å². The number of halogens is 1.